The number of para-hydroxylation sites is 2. The molecule has 0 bridgehead atoms. The summed E-state index contributed by atoms with van der Waals surface area (Å²) in [5, 5.41) is 5.26. The topological polar surface area (TPSA) is 47.6 Å². The number of nitrogens with one attached hydrogen (secondary N) is 1. The van der Waals surface area contributed by atoms with Gasteiger partial charge in [-0.3, -0.25) is 4.79 Å². The maximum atomic E-state index is 12.3. The third-order valence-corrected chi connectivity index (χ3v) is 4.02. The predicted molar refractivity (Wildman–Crippen MR) is 98.9 cm³/mol. The summed E-state index contributed by atoms with van der Waals surface area (Å²) in [5.74, 6) is 0.995. The zero-order valence-electron chi connectivity index (χ0n) is 14.4. The van der Waals surface area contributed by atoms with Crippen LogP contribution in [0.2, 0.25) is 0 Å². The second-order valence-corrected chi connectivity index (χ2v) is 5.81. The van der Waals surface area contributed by atoms with Crippen LogP contribution in [0.4, 0.5) is 0 Å². The van der Waals surface area contributed by atoms with Gasteiger partial charge in [0.25, 0.3) is 5.91 Å². The summed E-state index contributed by atoms with van der Waals surface area (Å²) in [6.07, 6.45) is -0.614. The summed E-state index contributed by atoms with van der Waals surface area (Å²) in [6, 6.07) is 21.6. The van der Waals surface area contributed by atoms with Gasteiger partial charge in [-0.05, 0) is 41.5 Å². The van der Waals surface area contributed by atoms with E-state index in [0.29, 0.717) is 18.0 Å². The molecule has 0 saturated heterocycles. The van der Waals surface area contributed by atoms with Crippen LogP contribution in [-0.2, 0) is 11.3 Å². The summed E-state index contributed by atoms with van der Waals surface area (Å²) in [4.78, 5) is 12.3. The first-order valence-electron chi connectivity index (χ1n) is 8.22. The van der Waals surface area contributed by atoms with Crippen molar-refractivity contribution in [2.75, 3.05) is 7.11 Å². The van der Waals surface area contributed by atoms with Crippen molar-refractivity contribution in [2.45, 2.75) is 19.6 Å². The molecule has 1 atom stereocenters. The Bertz CT molecular complexity index is 876. The molecule has 0 aromatic heterocycles. The van der Waals surface area contributed by atoms with E-state index in [2.05, 4.69) is 29.6 Å². The lowest BCUT2D eigenvalue weighted by molar-refractivity contribution is -0.127. The molecule has 0 aliphatic heterocycles. The Morgan fingerprint density at radius 1 is 0.960 bits per heavy atom. The first kappa shape index (κ1) is 16.8. The highest BCUT2D eigenvalue weighted by molar-refractivity contribution is 5.83. The number of carbonyl (C=O) groups excluding carboxylic acids is 1. The molecule has 128 valence electrons. The lowest BCUT2D eigenvalue weighted by Gasteiger charge is -2.16. The lowest BCUT2D eigenvalue weighted by atomic mass is 10.1. The van der Waals surface area contributed by atoms with Crippen molar-refractivity contribution in [1.29, 1.82) is 0 Å². The second-order valence-electron chi connectivity index (χ2n) is 5.81. The van der Waals surface area contributed by atoms with Gasteiger partial charge in [0.05, 0.1) is 7.11 Å². The summed E-state index contributed by atoms with van der Waals surface area (Å²) in [6.45, 7) is 2.19. The molecule has 0 aliphatic carbocycles. The number of hydrogen-bond acceptors (Lipinski definition) is 3. The molecule has 4 nitrogen and oxygen atoms in total. The van der Waals surface area contributed by atoms with E-state index in [0.717, 1.165) is 10.9 Å². The number of benzene rings is 3. The number of ether oxygens (including phenoxy) is 2. The number of fused-ring (bicyclic) bond motifs is 1. The number of amides is 1. The SMILES string of the molecule is COc1ccccc1O[C@H](C)C(=O)NCc1ccc2ccccc2c1. The number of hydrogen-bond donors (Lipinski definition) is 1. The molecule has 0 heterocycles. The van der Waals surface area contributed by atoms with Crippen LogP contribution in [0.3, 0.4) is 0 Å². The van der Waals surface area contributed by atoms with Crippen molar-refractivity contribution < 1.29 is 14.3 Å². The monoisotopic (exact) mass is 335 g/mol. The molecule has 1 N–H and O–H groups in total. The number of rotatable bonds is 6. The van der Waals surface area contributed by atoms with Gasteiger partial charge in [-0.1, -0.05) is 48.5 Å². The lowest BCUT2D eigenvalue weighted by Crippen LogP contribution is -2.35. The van der Waals surface area contributed by atoms with E-state index in [1.165, 1.54) is 5.39 Å². The molecule has 0 radical (unpaired) electrons. The second kappa shape index (κ2) is 7.71. The molecule has 0 spiro atoms. The van der Waals surface area contributed by atoms with Crippen molar-refractivity contribution >= 4 is 16.7 Å². The standard InChI is InChI=1S/C21H21NO3/c1-15(25-20-10-6-5-9-19(20)24-2)21(23)22-14-16-11-12-17-7-3-4-8-18(17)13-16/h3-13,15H,14H2,1-2H3,(H,22,23)/t15-/m1/s1. The van der Waals surface area contributed by atoms with Crippen LogP contribution < -0.4 is 14.8 Å². The molecule has 3 aromatic rings. The van der Waals surface area contributed by atoms with Gasteiger partial charge in [0.15, 0.2) is 17.6 Å². The zero-order valence-corrected chi connectivity index (χ0v) is 14.4. The first-order chi connectivity index (χ1) is 12.2. The van der Waals surface area contributed by atoms with Crippen LogP contribution in [-0.4, -0.2) is 19.1 Å². The Balaban J connectivity index is 1.61. The molecular formula is C21H21NO3. The van der Waals surface area contributed by atoms with Gasteiger partial charge >= 0.3 is 0 Å². The Hall–Kier alpha value is -3.01. The maximum absolute atomic E-state index is 12.3. The van der Waals surface area contributed by atoms with Gasteiger partial charge in [0.1, 0.15) is 0 Å². The molecule has 0 aliphatic rings. The van der Waals surface area contributed by atoms with Gasteiger partial charge in [-0.25, -0.2) is 0 Å². The molecule has 25 heavy (non-hydrogen) atoms. The van der Waals surface area contributed by atoms with Gasteiger partial charge in [-0.2, -0.15) is 0 Å². The van der Waals surface area contributed by atoms with Crippen LogP contribution in [0.1, 0.15) is 12.5 Å². The first-order valence-corrected chi connectivity index (χ1v) is 8.22. The number of methoxy groups -OCH3 is 1. The molecule has 0 fully saturated rings. The summed E-state index contributed by atoms with van der Waals surface area (Å²) < 4.78 is 11.0. The summed E-state index contributed by atoms with van der Waals surface area (Å²) >= 11 is 0. The minimum atomic E-state index is -0.614. The fourth-order valence-corrected chi connectivity index (χ4v) is 2.64. The van der Waals surface area contributed by atoms with E-state index in [9.17, 15) is 4.79 Å². The van der Waals surface area contributed by atoms with Crippen LogP contribution in [0.5, 0.6) is 11.5 Å². The number of carbonyl (C=O) groups is 1. The fraction of sp³-hybridized carbons (Fsp3) is 0.190. The van der Waals surface area contributed by atoms with Crippen LogP contribution >= 0.6 is 0 Å². The van der Waals surface area contributed by atoms with E-state index in [4.69, 9.17) is 9.47 Å². The third kappa shape index (κ3) is 4.10. The smallest absolute Gasteiger partial charge is 0.261 e. The largest absolute Gasteiger partial charge is 0.493 e. The Morgan fingerprint density at radius 2 is 1.64 bits per heavy atom. The Morgan fingerprint density at radius 3 is 2.40 bits per heavy atom. The van der Waals surface area contributed by atoms with E-state index in [1.54, 1.807) is 26.2 Å². The highest BCUT2D eigenvalue weighted by Crippen LogP contribution is 2.26. The van der Waals surface area contributed by atoms with Gasteiger partial charge in [0, 0.05) is 6.54 Å². The van der Waals surface area contributed by atoms with Crippen molar-refractivity contribution in [2.24, 2.45) is 0 Å². The molecule has 3 rings (SSSR count). The average Bonchev–Trinajstić information content (AvgIpc) is 2.66. The molecule has 4 heteroatoms. The minimum Gasteiger partial charge on any atom is -0.493 e. The normalized spacial score (nSPS) is 11.8. The van der Waals surface area contributed by atoms with E-state index in [-0.39, 0.29) is 5.91 Å². The quantitative estimate of drug-likeness (QED) is 0.742. The van der Waals surface area contributed by atoms with Crippen molar-refractivity contribution in [3.05, 3.63) is 72.3 Å². The van der Waals surface area contributed by atoms with Crippen LogP contribution in [0.15, 0.2) is 66.7 Å². The van der Waals surface area contributed by atoms with Crippen molar-refractivity contribution in [1.82, 2.24) is 5.32 Å². The molecule has 3 aromatic carbocycles. The minimum absolute atomic E-state index is 0.168. The van der Waals surface area contributed by atoms with Crippen molar-refractivity contribution in [3.63, 3.8) is 0 Å². The molecule has 0 unspecified atom stereocenters. The van der Waals surface area contributed by atoms with Crippen molar-refractivity contribution in [3.8, 4) is 11.5 Å². The fourth-order valence-electron chi connectivity index (χ4n) is 2.64. The zero-order chi connectivity index (χ0) is 17.6. The van der Waals surface area contributed by atoms with Crippen LogP contribution in [0, 0.1) is 0 Å². The van der Waals surface area contributed by atoms with Gasteiger partial charge in [-0.15, -0.1) is 0 Å². The van der Waals surface area contributed by atoms with Crippen LogP contribution in [0.25, 0.3) is 10.8 Å². The predicted octanol–water partition coefficient (Wildman–Crippen LogP) is 3.93. The Labute approximate surface area is 147 Å². The summed E-state index contributed by atoms with van der Waals surface area (Å²) in [7, 11) is 1.58. The molecule has 1 amide bonds. The highest BCUT2D eigenvalue weighted by Gasteiger charge is 2.16. The van der Waals surface area contributed by atoms with E-state index >= 15 is 0 Å². The molecule has 0 saturated carbocycles. The molecular weight excluding hydrogens is 314 g/mol. The van der Waals surface area contributed by atoms with Gasteiger partial charge in [0.2, 0.25) is 0 Å². The van der Waals surface area contributed by atoms with E-state index < -0.39 is 6.10 Å². The van der Waals surface area contributed by atoms with Gasteiger partial charge < -0.3 is 14.8 Å². The average molecular weight is 335 g/mol. The van der Waals surface area contributed by atoms with E-state index in [1.807, 2.05) is 30.3 Å². The highest BCUT2D eigenvalue weighted by atomic mass is 16.5. The maximum Gasteiger partial charge on any atom is 0.261 e. The third-order valence-electron chi connectivity index (χ3n) is 4.02. The summed E-state index contributed by atoms with van der Waals surface area (Å²) in [5.41, 5.74) is 1.05. The Kier molecular flexibility index (Phi) is 5.19.